The minimum atomic E-state index is -0.741. The molecule has 6 nitrogen and oxygen atoms in total. The molecule has 4 N–H and O–H groups in total. The van der Waals surface area contributed by atoms with E-state index in [0.717, 1.165) is 48.9 Å². The second kappa shape index (κ2) is 8.27. The number of amides is 1. The highest BCUT2D eigenvalue weighted by Crippen LogP contribution is 2.22. The van der Waals surface area contributed by atoms with Crippen LogP contribution in [0.1, 0.15) is 59.1 Å². The number of hydrogen-bond donors (Lipinski definition) is 4. The van der Waals surface area contributed by atoms with E-state index >= 15 is 0 Å². The van der Waals surface area contributed by atoms with Crippen LogP contribution in [0.4, 0.5) is 0 Å². The van der Waals surface area contributed by atoms with Crippen LogP contribution < -0.4 is 5.32 Å². The Bertz CT molecular complexity index is 699. The van der Waals surface area contributed by atoms with Crippen LogP contribution in [0.15, 0.2) is 30.3 Å². The highest BCUT2D eigenvalue weighted by atomic mass is 16.3. The van der Waals surface area contributed by atoms with Gasteiger partial charge in [-0.2, -0.15) is 5.10 Å². The fourth-order valence-corrected chi connectivity index (χ4v) is 3.36. The molecule has 0 fully saturated rings. The second-order valence-electron chi connectivity index (χ2n) is 6.61. The van der Waals surface area contributed by atoms with Gasteiger partial charge in [0.05, 0.1) is 18.8 Å². The predicted molar refractivity (Wildman–Crippen MR) is 94.2 cm³/mol. The van der Waals surface area contributed by atoms with Crippen LogP contribution in [-0.2, 0) is 12.8 Å². The molecule has 1 aromatic heterocycles. The molecule has 2 aromatic rings. The molecule has 0 radical (unpaired) electrons. The molecule has 1 aliphatic rings. The highest BCUT2D eigenvalue weighted by Gasteiger charge is 2.24. The molecule has 1 heterocycles. The number of benzene rings is 1. The van der Waals surface area contributed by atoms with Gasteiger partial charge in [0.2, 0.25) is 0 Å². The predicted octanol–water partition coefficient (Wildman–Crippen LogP) is 1.89. The fraction of sp³-hybridized carbons (Fsp3) is 0.474. The van der Waals surface area contributed by atoms with Crippen molar-refractivity contribution in [1.29, 1.82) is 0 Å². The van der Waals surface area contributed by atoms with Gasteiger partial charge in [-0.25, -0.2) is 0 Å². The first-order chi connectivity index (χ1) is 12.2. The van der Waals surface area contributed by atoms with E-state index in [4.69, 9.17) is 0 Å². The van der Waals surface area contributed by atoms with Gasteiger partial charge in [0, 0.05) is 11.3 Å². The zero-order valence-corrected chi connectivity index (χ0v) is 14.2. The zero-order valence-electron chi connectivity index (χ0n) is 14.2. The standard InChI is InChI=1S/C19H25N3O3/c23-12-14(11-17(24)13-7-3-1-4-8-13)20-19(25)18-15-9-5-2-6-10-16(15)21-22-18/h1,3-4,7-8,14,17,23-24H,2,5-6,9-12H2,(H,20,25)(H,21,22)/t14-,17-/m0/s1. The SMILES string of the molecule is O=C(N[C@H](CO)C[C@H](O)c1ccccc1)c1n[nH]c2c1CCCCC2. The van der Waals surface area contributed by atoms with Crippen molar-refractivity contribution in [3.8, 4) is 0 Å². The summed E-state index contributed by atoms with van der Waals surface area (Å²) < 4.78 is 0. The number of nitrogens with one attached hydrogen (secondary N) is 2. The molecule has 0 spiro atoms. The lowest BCUT2D eigenvalue weighted by Crippen LogP contribution is -2.39. The Kier molecular flexibility index (Phi) is 5.83. The normalized spacial score (nSPS) is 16.6. The van der Waals surface area contributed by atoms with Crippen molar-refractivity contribution in [2.75, 3.05) is 6.61 Å². The Hall–Kier alpha value is -2.18. The van der Waals surface area contributed by atoms with Gasteiger partial charge in [0.15, 0.2) is 5.69 Å². The number of H-pyrrole nitrogens is 1. The van der Waals surface area contributed by atoms with Crippen LogP contribution >= 0.6 is 0 Å². The van der Waals surface area contributed by atoms with Gasteiger partial charge in [0.1, 0.15) is 0 Å². The van der Waals surface area contributed by atoms with Crippen LogP contribution in [0.5, 0.6) is 0 Å². The van der Waals surface area contributed by atoms with E-state index in [1.807, 2.05) is 30.3 Å². The molecule has 25 heavy (non-hydrogen) atoms. The summed E-state index contributed by atoms with van der Waals surface area (Å²) in [5.74, 6) is -0.293. The van der Waals surface area contributed by atoms with Crippen molar-refractivity contribution in [2.45, 2.75) is 50.7 Å². The van der Waals surface area contributed by atoms with Crippen LogP contribution in [-0.4, -0.2) is 39.0 Å². The number of aliphatic hydroxyl groups excluding tert-OH is 2. The lowest BCUT2D eigenvalue weighted by atomic mass is 10.0. The molecule has 0 aliphatic heterocycles. The van der Waals surface area contributed by atoms with Gasteiger partial charge in [-0.05, 0) is 37.7 Å². The highest BCUT2D eigenvalue weighted by molar-refractivity contribution is 5.94. The maximum atomic E-state index is 12.6. The Morgan fingerprint density at radius 1 is 1.20 bits per heavy atom. The van der Waals surface area contributed by atoms with E-state index in [-0.39, 0.29) is 18.9 Å². The van der Waals surface area contributed by atoms with Crippen molar-refractivity contribution < 1.29 is 15.0 Å². The summed E-state index contributed by atoms with van der Waals surface area (Å²) in [5, 5.41) is 29.9. The molecule has 1 amide bonds. The van der Waals surface area contributed by atoms with E-state index in [1.165, 1.54) is 0 Å². The molecular formula is C19H25N3O3. The minimum absolute atomic E-state index is 0.234. The Balaban J connectivity index is 1.65. The second-order valence-corrected chi connectivity index (χ2v) is 6.61. The third-order valence-corrected chi connectivity index (χ3v) is 4.77. The van der Waals surface area contributed by atoms with E-state index in [2.05, 4.69) is 15.5 Å². The molecule has 1 aliphatic carbocycles. The Morgan fingerprint density at radius 3 is 2.72 bits per heavy atom. The number of carbonyl (C=O) groups is 1. The topological polar surface area (TPSA) is 98.2 Å². The number of aromatic amines is 1. The maximum Gasteiger partial charge on any atom is 0.272 e. The number of fused-ring (bicyclic) bond motifs is 1. The largest absolute Gasteiger partial charge is 0.394 e. The van der Waals surface area contributed by atoms with Gasteiger partial charge in [-0.3, -0.25) is 9.89 Å². The Morgan fingerprint density at radius 2 is 1.96 bits per heavy atom. The van der Waals surface area contributed by atoms with Crippen molar-refractivity contribution in [3.05, 3.63) is 52.8 Å². The van der Waals surface area contributed by atoms with Crippen LogP contribution in [0.25, 0.3) is 0 Å². The van der Waals surface area contributed by atoms with E-state index in [0.29, 0.717) is 5.69 Å². The van der Waals surface area contributed by atoms with Gasteiger partial charge in [-0.1, -0.05) is 36.8 Å². The van der Waals surface area contributed by atoms with Crippen LogP contribution in [0.2, 0.25) is 0 Å². The molecule has 134 valence electrons. The first-order valence-corrected chi connectivity index (χ1v) is 8.90. The quantitative estimate of drug-likeness (QED) is 0.602. The van der Waals surface area contributed by atoms with Crippen molar-refractivity contribution in [1.82, 2.24) is 15.5 Å². The molecule has 0 unspecified atom stereocenters. The molecule has 3 rings (SSSR count). The van der Waals surface area contributed by atoms with Crippen molar-refractivity contribution in [2.24, 2.45) is 0 Å². The summed E-state index contributed by atoms with van der Waals surface area (Å²) in [7, 11) is 0. The molecule has 2 atom stereocenters. The lowest BCUT2D eigenvalue weighted by molar-refractivity contribution is 0.0860. The fourth-order valence-electron chi connectivity index (χ4n) is 3.36. The summed E-state index contributed by atoms with van der Waals surface area (Å²) >= 11 is 0. The summed E-state index contributed by atoms with van der Waals surface area (Å²) in [6.45, 7) is -0.234. The van der Waals surface area contributed by atoms with Crippen molar-refractivity contribution >= 4 is 5.91 Å². The van der Waals surface area contributed by atoms with Gasteiger partial charge >= 0.3 is 0 Å². The van der Waals surface area contributed by atoms with Gasteiger partial charge in [0.25, 0.3) is 5.91 Å². The van der Waals surface area contributed by atoms with Crippen LogP contribution in [0, 0.1) is 0 Å². The average Bonchev–Trinajstić information content (AvgIpc) is 2.90. The summed E-state index contributed by atoms with van der Waals surface area (Å²) in [6.07, 6.45) is 4.61. The third-order valence-electron chi connectivity index (χ3n) is 4.77. The number of aliphatic hydroxyl groups is 2. The molecule has 0 bridgehead atoms. The summed E-state index contributed by atoms with van der Waals surface area (Å²) in [5.41, 5.74) is 3.23. The molecule has 0 saturated carbocycles. The maximum absolute atomic E-state index is 12.6. The number of hydrogen-bond acceptors (Lipinski definition) is 4. The first kappa shape index (κ1) is 17.6. The van der Waals surface area contributed by atoms with E-state index < -0.39 is 12.1 Å². The molecular weight excluding hydrogens is 318 g/mol. The number of rotatable bonds is 6. The third kappa shape index (κ3) is 4.27. The average molecular weight is 343 g/mol. The van der Waals surface area contributed by atoms with Gasteiger partial charge in [-0.15, -0.1) is 0 Å². The minimum Gasteiger partial charge on any atom is -0.394 e. The molecule has 0 saturated heterocycles. The van der Waals surface area contributed by atoms with E-state index in [1.54, 1.807) is 0 Å². The smallest absolute Gasteiger partial charge is 0.272 e. The summed E-state index contributed by atoms with van der Waals surface area (Å²) in [4.78, 5) is 12.6. The van der Waals surface area contributed by atoms with E-state index in [9.17, 15) is 15.0 Å². The number of aryl methyl sites for hydroxylation is 1. The van der Waals surface area contributed by atoms with Crippen LogP contribution in [0.3, 0.4) is 0 Å². The zero-order chi connectivity index (χ0) is 17.6. The van der Waals surface area contributed by atoms with Gasteiger partial charge < -0.3 is 15.5 Å². The first-order valence-electron chi connectivity index (χ1n) is 8.90. The van der Waals surface area contributed by atoms with Crippen molar-refractivity contribution in [3.63, 3.8) is 0 Å². The number of nitrogens with zero attached hydrogens (tertiary/aromatic N) is 1. The lowest BCUT2D eigenvalue weighted by Gasteiger charge is -2.20. The molecule has 6 heteroatoms. The number of carbonyl (C=O) groups excluding carboxylic acids is 1. The molecule has 1 aromatic carbocycles. The monoisotopic (exact) mass is 343 g/mol. The Labute approximate surface area is 147 Å². The summed E-state index contributed by atoms with van der Waals surface area (Å²) in [6, 6.07) is 8.71. The number of aromatic nitrogens is 2.